The van der Waals surface area contributed by atoms with Crippen LogP contribution in [0.15, 0.2) is 151 Å². The highest BCUT2D eigenvalue weighted by Gasteiger charge is 2.17. The maximum atomic E-state index is 9.25. The smallest absolute Gasteiger partial charge is 0.111 e. The number of aryl methyl sites for hydroxylation is 1. The third-order valence-corrected chi connectivity index (χ3v) is 7.29. The minimum absolute atomic E-state index is 0.0193. The molecular weight excluding hydrogens is 508 g/mol. The van der Waals surface area contributed by atoms with Gasteiger partial charge in [0.2, 0.25) is 0 Å². The van der Waals surface area contributed by atoms with Crippen molar-refractivity contribution in [2.45, 2.75) is 6.85 Å². The molecule has 2 nitrogen and oxygen atoms in total. The van der Waals surface area contributed by atoms with E-state index in [0.29, 0.717) is 22.3 Å². The number of fused-ring (bicyclic) bond motifs is 3. The summed E-state index contributed by atoms with van der Waals surface area (Å²) in [6.45, 7) is -2.59. The van der Waals surface area contributed by atoms with E-state index in [1.165, 1.54) is 22.8 Å². The zero-order valence-corrected chi connectivity index (χ0v) is 21.8. The van der Waals surface area contributed by atoms with E-state index in [-0.39, 0.29) is 55.2 Å². The predicted octanol–water partition coefficient (Wildman–Crippen LogP) is 10.6. The van der Waals surface area contributed by atoms with Crippen LogP contribution in [-0.2, 0) is 0 Å². The van der Waals surface area contributed by atoms with Crippen molar-refractivity contribution >= 4 is 32.6 Å². The van der Waals surface area contributed by atoms with Crippen molar-refractivity contribution in [3.63, 3.8) is 0 Å². The van der Waals surface area contributed by atoms with Crippen LogP contribution in [0, 0.1) is 6.85 Å². The van der Waals surface area contributed by atoms with Gasteiger partial charge in [0, 0.05) is 9.80 Å². The first kappa shape index (κ1) is 13.0. The fraction of sp³-hybridized carbons (Fsp3) is 0.0250. The number of hydrogen-bond donors (Lipinski definition) is 0. The number of hydrogen-bond acceptors (Lipinski definition) is 1. The number of rotatable bonds is 4. The SMILES string of the molecule is [2H]c1c([2H])c([2H])c(-c2cccc(-c3c4c([2H])c([2H])c([2H])c([2H])c4c(-c4ccc(-n5c(C([2H])([2H])[2H])nc6ccccc65)cc4)c4c([2H])c([2H])c([2H])c([2H])c34)c2)c([2H])c1[2H]. The molecule has 0 bridgehead atoms. The Kier molecular flexibility index (Phi) is 3.06. The summed E-state index contributed by atoms with van der Waals surface area (Å²) in [6, 6.07) is 12.3. The van der Waals surface area contributed by atoms with Crippen molar-refractivity contribution < 1.29 is 21.9 Å². The maximum absolute atomic E-state index is 9.25. The van der Waals surface area contributed by atoms with Crippen LogP contribution < -0.4 is 0 Å². The van der Waals surface area contributed by atoms with Crippen molar-refractivity contribution in [2.75, 3.05) is 0 Å². The van der Waals surface area contributed by atoms with Crippen LogP contribution in [0.3, 0.4) is 0 Å². The normalized spacial score (nSPS) is 17.1. The lowest BCUT2D eigenvalue weighted by Crippen LogP contribution is -1.97. The highest BCUT2D eigenvalue weighted by molar-refractivity contribution is 6.21. The zero-order valence-electron chi connectivity index (χ0n) is 37.8. The largest absolute Gasteiger partial charge is 0.297 e. The number of nitrogens with zero attached hydrogens (tertiary/aromatic N) is 2. The van der Waals surface area contributed by atoms with E-state index in [2.05, 4.69) is 4.98 Å². The summed E-state index contributed by atoms with van der Waals surface area (Å²) in [6.07, 6.45) is 0. The van der Waals surface area contributed by atoms with Crippen LogP contribution in [0.4, 0.5) is 0 Å². The Bertz CT molecular complexity index is 2970. The number of aromatic nitrogens is 2. The van der Waals surface area contributed by atoms with Crippen LogP contribution in [0.2, 0.25) is 0 Å². The molecule has 0 saturated carbocycles. The molecule has 0 saturated heterocycles. The monoisotopic (exact) mass is 552 g/mol. The molecule has 42 heavy (non-hydrogen) atoms. The number of imidazole rings is 1. The Hall–Kier alpha value is -5.47. The Labute approximate surface area is 267 Å². The minimum atomic E-state index is -2.59. The van der Waals surface area contributed by atoms with Crippen molar-refractivity contribution in [1.29, 1.82) is 0 Å². The van der Waals surface area contributed by atoms with Crippen LogP contribution in [-0.4, -0.2) is 9.55 Å². The molecule has 1 aromatic heterocycles. The Balaban J connectivity index is 1.50. The van der Waals surface area contributed by atoms with Crippen molar-refractivity contribution in [3.8, 4) is 39.1 Å². The second-order valence-electron chi connectivity index (χ2n) is 9.64. The van der Waals surface area contributed by atoms with Crippen molar-refractivity contribution in [3.05, 3.63) is 157 Å². The van der Waals surface area contributed by atoms with Crippen LogP contribution in [0.1, 0.15) is 27.8 Å². The summed E-state index contributed by atoms with van der Waals surface area (Å²) in [7, 11) is 0. The van der Waals surface area contributed by atoms with Crippen molar-refractivity contribution in [2.24, 2.45) is 0 Å². The van der Waals surface area contributed by atoms with Gasteiger partial charge in [-0.1, -0.05) is 121 Å². The van der Waals surface area contributed by atoms with E-state index >= 15 is 0 Å². The second kappa shape index (κ2) is 9.87. The summed E-state index contributed by atoms with van der Waals surface area (Å²) in [5.41, 5.74) is 2.01. The Morgan fingerprint density at radius 3 is 1.81 bits per heavy atom. The van der Waals surface area contributed by atoms with Crippen LogP contribution in [0.25, 0.3) is 71.6 Å². The Morgan fingerprint density at radius 1 is 0.548 bits per heavy atom. The average Bonchev–Trinajstić information content (AvgIpc) is 3.62. The summed E-state index contributed by atoms with van der Waals surface area (Å²) < 4.78 is 140. The number of benzene rings is 7. The molecule has 2 heteroatoms. The lowest BCUT2D eigenvalue weighted by atomic mass is 9.85. The number of para-hydroxylation sites is 2. The molecule has 8 aromatic rings. The third kappa shape index (κ3) is 3.92. The molecule has 8 rings (SSSR count). The Morgan fingerprint density at radius 2 is 1.14 bits per heavy atom. The molecule has 0 unspecified atom stereocenters. The van der Waals surface area contributed by atoms with Gasteiger partial charge < -0.3 is 0 Å². The molecule has 0 radical (unpaired) electrons. The fourth-order valence-electron chi connectivity index (χ4n) is 5.49. The molecule has 0 aliphatic rings. The highest BCUT2D eigenvalue weighted by Crippen LogP contribution is 2.44. The van der Waals surface area contributed by atoms with E-state index in [1.54, 1.807) is 54.6 Å². The van der Waals surface area contributed by atoms with Gasteiger partial charge in [0.15, 0.2) is 0 Å². The molecule has 0 spiro atoms. The van der Waals surface area contributed by atoms with Crippen LogP contribution >= 0.6 is 0 Å². The van der Waals surface area contributed by atoms with Gasteiger partial charge >= 0.3 is 0 Å². The summed E-state index contributed by atoms with van der Waals surface area (Å²) in [5.74, 6) is -0.184. The second-order valence-corrected chi connectivity index (χ2v) is 9.64. The molecule has 0 aliphatic heterocycles. The lowest BCUT2D eigenvalue weighted by Gasteiger charge is -2.18. The van der Waals surface area contributed by atoms with Gasteiger partial charge in [-0.05, 0) is 92.1 Å². The van der Waals surface area contributed by atoms with Gasteiger partial charge in [0.25, 0.3) is 0 Å². The zero-order chi connectivity index (χ0) is 41.9. The fourth-order valence-corrected chi connectivity index (χ4v) is 5.49. The molecule has 198 valence electrons. The summed E-state index contributed by atoms with van der Waals surface area (Å²) in [4.78, 5) is 4.37. The molecule has 7 aromatic carbocycles. The molecule has 0 fully saturated rings. The standard InChI is InChI=1S/C40H28N2/c1-27-41-37-20-9-10-21-38(37)42(27)32-24-22-29(23-25-32)39-33-16-5-7-18-35(33)40(36-19-8-6-17-34(36)39)31-15-11-14-30(26-31)28-12-3-2-4-13-28/h2-26H,1H3/i1D3,2D,3D,4D,5D,6D,7D,8D,12D,13D,16D,17D,18D,19D. The highest BCUT2D eigenvalue weighted by atomic mass is 15.1. The van der Waals surface area contributed by atoms with Gasteiger partial charge in [-0.25, -0.2) is 4.98 Å². The van der Waals surface area contributed by atoms with Gasteiger partial charge in [-0.15, -0.1) is 0 Å². The third-order valence-electron chi connectivity index (χ3n) is 7.29. The quantitative estimate of drug-likeness (QED) is 0.199. The van der Waals surface area contributed by atoms with Gasteiger partial charge in [-0.2, -0.15) is 0 Å². The maximum Gasteiger partial charge on any atom is 0.111 e. The van der Waals surface area contributed by atoms with E-state index in [9.17, 15) is 5.48 Å². The molecule has 0 amide bonds. The van der Waals surface area contributed by atoms with E-state index in [1.807, 2.05) is 0 Å². The van der Waals surface area contributed by atoms with E-state index in [4.69, 9.17) is 16.4 Å². The van der Waals surface area contributed by atoms with Gasteiger partial charge in [0.1, 0.15) is 5.82 Å². The molecule has 1 heterocycles. The van der Waals surface area contributed by atoms with Gasteiger partial charge in [-0.3, -0.25) is 4.57 Å². The summed E-state index contributed by atoms with van der Waals surface area (Å²) >= 11 is 0. The first-order valence-corrected chi connectivity index (χ1v) is 13.1. The topological polar surface area (TPSA) is 17.8 Å². The van der Waals surface area contributed by atoms with Crippen LogP contribution in [0.5, 0.6) is 0 Å². The first-order valence-electron chi connectivity index (χ1n) is 21.1. The lowest BCUT2D eigenvalue weighted by molar-refractivity contribution is 1.00. The van der Waals surface area contributed by atoms with Gasteiger partial charge in [0.05, 0.1) is 28.9 Å². The molecule has 0 aliphatic carbocycles. The predicted molar refractivity (Wildman–Crippen MR) is 177 cm³/mol. The molecule has 0 atom stereocenters. The average molecular weight is 553 g/mol. The van der Waals surface area contributed by atoms with Crippen molar-refractivity contribution in [1.82, 2.24) is 9.55 Å². The first-order chi connectivity index (χ1) is 27.4. The molecular formula is C40H28N2. The van der Waals surface area contributed by atoms with E-state index in [0.717, 1.165) is 0 Å². The van der Waals surface area contributed by atoms with E-state index < -0.39 is 85.4 Å². The summed E-state index contributed by atoms with van der Waals surface area (Å²) in [5, 5.41) is -0.274. The minimum Gasteiger partial charge on any atom is -0.297 e. The molecule has 0 N–H and O–H groups in total.